The third-order valence-electron chi connectivity index (χ3n) is 4.36. The predicted molar refractivity (Wildman–Crippen MR) is 102 cm³/mol. The molecule has 0 aliphatic heterocycles. The molecule has 0 spiro atoms. The second-order valence-corrected chi connectivity index (χ2v) is 6.63. The first kappa shape index (κ1) is 18.8. The smallest absolute Gasteiger partial charge is 0.343 e. The molecule has 0 radical (unpaired) electrons. The van der Waals surface area contributed by atoms with Gasteiger partial charge in [0, 0.05) is 11.6 Å². The Kier molecular flexibility index (Phi) is 5.35. The summed E-state index contributed by atoms with van der Waals surface area (Å²) in [6.07, 6.45) is 1.73. The van der Waals surface area contributed by atoms with E-state index in [1.165, 1.54) is 22.8 Å². The van der Waals surface area contributed by atoms with E-state index >= 15 is 0 Å². The highest BCUT2D eigenvalue weighted by molar-refractivity contribution is 5.93. The number of fused-ring (bicyclic) bond motifs is 1. The van der Waals surface area contributed by atoms with Gasteiger partial charge in [0.15, 0.2) is 0 Å². The number of halogens is 1. The van der Waals surface area contributed by atoms with Crippen molar-refractivity contribution >= 4 is 17.0 Å². The molecule has 0 amide bonds. The van der Waals surface area contributed by atoms with Crippen molar-refractivity contribution in [1.82, 2.24) is 9.55 Å². The van der Waals surface area contributed by atoms with Crippen LogP contribution in [0.3, 0.4) is 0 Å². The topological polar surface area (TPSA) is 61.2 Å². The molecular weight excluding hydrogens is 347 g/mol. The number of benzene rings is 1. The third kappa shape index (κ3) is 3.89. The lowest BCUT2D eigenvalue weighted by Crippen LogP contribution is -2.28. The highest BCUT2D eigenvalue weighted by atomic mass is 19.1. The Hall–Kier alpha value is -3.02. The maximum atomic E-state index is 13.2. The third-order valence-corrected chi connectivity index (χ3v) is 4.36. The lowest BCUT2D eigenvalue weighted by Gasteiger charge is -2.14. The van der Waals surface area contributed by atoms with E-state index in [2.05, 4.69) is 4.98 Å². The molecule has 3 aromatic rings. The van der Waals surface area contributed by atoms with Gasteiger partial charge in [0.2, 0.25) is 0 Å². The minimum Gasteiger partial charge on any atom is -0.462 e. The zero-order valence-electron chi connectivity index (χ0n) is 15.5. The molecule has 5 nitrogen and oxygen atoms in total. The fraction of sp³-hybridized carbons (Fsp3) is 0.286. The zero-order chi connectivity index (χ0) is 19.6. The number of hydrogen-bond acceptors (Lipinski definition) is 4. The average molecular weight is 368 g/mol. The summed E-state index contributed by atoms with van der Waals surface area (Å²) in [5.74, 6) is -0.756. The molecule has 0 unspecified atom stereocenters. The second-order valence-electron chi connectivity index (χ2n) is 6.63. The quantitative estimate of drug-likeness (QED) is 0.641. The van der Waals surface area contributed by atoms with Crippen LogP contribution in [0.4, 0.5) is 4.39 Å². The van der Waals surface area contributed by atoms with Crippen LogP contribution in [0.5, 0.6) is 0 Å². The van der Waals surface area contributed by atoms with Crippen molar-refractivity contribution in [3.63, 3.8) is 0 Å². The molecule has 140 valence electrons. The Morgan fingerprint density at radius 2 is 1.93 bits per heavy atom. The maximum absolute atomic E-state index is 13.2. The van der Waals surface area contributed by atoms with Gasteiger partial charge in [-0.15, -0.1) is 0 Å². The van der Waals surface area contributed by atoms with E-state index in [4.69, 9.17) is 4.74 Å². The van der Waals surface area contributed by atoms with Crippen LogP contribution in [-0.4, -0.2) is 22.1 Å². The van der Waals surface area contributed by atoms with Crippen LogP contribution in [0.1, 0.15) is 48.2 Å². The number of carbonyl (C=O) groups excluding carboxylic acids is 1. The summed E-state index contributed by atoms with van der Waals surface area (Å²) >= 11 is 0. The molecule has 0 atom stereocenters. The molecule has 2 heterocycles. The first-order valence-electron chi connectivity index (χ1n) is 8.85. The van der Waals surface area contributed by atoms with Crippen LogP contribution in [0.15, 0.2) is 47.4 Å². The number of aromatic nitrogens is 2. The summed E-state index contributed by atoms with van der Waals surface area (Å²) < 4.78 is 19.7. The number of nitrogens with zero attached hydrogens (tertiary/aromatic N) is 2. The molecule has 0 bridgehead atoms. The summed E-state index contributed by atoms with van der Waals surface area (Å²) in [5.41, 5.74) is 1.70. The van der Waals surface area contributed by atoms with Gasteiger partial charge < -0.3 is 4.74 Å². The molecule has 0 saturated carbocycles. The normalized spacial score (nSPS) is 11.1. The SMILES string of the molecule is CCOC(=O)c1cc2cc(C(C)C)cnc2n(Cc2ccc(F)cc2)c1=O. The Bertz CT molecular complexity index is 1040. The van der Waals surface area contributed by atoms with Crippen LogP contribution >= 0.6 is 0 Å². The molecule has 0 N–H and O–H groups in total. The van der Waals surface area contributed by atoms with E-state index in [0.29, 0.717) is 11.0 Å². The summed E-state index contributed by atoms with van der Waals surface area (Å²) in [4.78, 5) is 29.7. The number of rotatable bonds is 5. The zero-order valence-corrected chi connectivity index (χ0v) is 15.5. The van der Waals surface area contributed by atoms with Gasteiger partial charge in [-0.2, -0.15) is 0 Å². The monoisotopic (exact) mass is 368 g/mol. The lowest BCUT2D eigenvalue weighted by molar-refractivity contribution is 0.0524. The van der Waals surface area contributed by atoms with E-state index in [1.807, 2.05) is 19.9 Å². The first-order chi connectivity index (χ1) is 12.9. The number of pyridine rings is 2. The molecule has 27 heavy (non-hydrogen) atoms. The van der Waals surface area contributed by atoms with Crippen molar-refractivity contribution < 1.29 is 13.9 Å². The van der Waals surface area contributed by atoms with Gasteiger partial charge in [-0.3, -0.25) is 9.36 Å². The standard InChI is InChI=1S/C21H21FN2O3/c1-4-27-21(26)18-10-15-9-16(13(2)3)11-23-19(15)24(20(18)25)12-14-5-7-17(22)8-6-14/h5-11,13H,4,12H2,1-3H3. The van der Waals surface area contributed by atoms with Crippen molar-refractivity contribution in [1.29, 1.82) is 0 Å². The van der Waals surface area contributed by atoms with Crippen LogP contribution in [0, 0.1) is 5.82 Å². The van der Waals surface area contributed by atoms with Gasteiger partial charge in [-0.1, -0.05) is 26.0 Å². The molecule has 6 heteroatoms. The Labute approximate surface area is 156 Å². The van der Waals surface area contributed by atoms with Crippen molar-refractivity contribution in [3.05, 3.63) is 75.5 Å². The van der Waals surface area contributed by atoms with E-state index in [0.717, 1.165) is 11.1 Å². The summed E-state index contributed by atoms with van der Waals surface area (Å²) in [7, 11) is 0. The number of ether oxygens (including phenoxy) is 1. The van der Waals surface area contributed by atoms with E-state index < -0.39 is 11.5 Å². The molecule has 0 aliphatic rings. The van der Waals surface area contributed by atoms with E-state index in [1.54, 1.807) is 25.3 Å². The fourth-order valence-corrected chi connectivity index (χ4v) is 2.87. The van der Waals surface area contributed by atoms with Gasteiger partial charge >= 0.3 is 5.97 Å². The van der Waals surface area contributed by atoms with Crippen molar-refractivity contribution in [3.8, 4) is 0 Å². The van der Waals surface area contributed by atoms with Gasteiger partial charge in [0.25, 0.3) is 5.56 Å². The second kappa shape index (κ2) is 7.70. The summed E-state index contributed by atoms with van der Waals surface area (Å²) in [6, 6.07) is 9.34. The molecule has 3 rings (SSSR count). The predicted octanol–water partition coefficient (Wildman–Crippen LogP) is 3.88. The van der Waals surface area contributed by atoms with Gasteiger partial charge in [-0.25, -0.2) is 14.2 Å². The summed E-state index contributed by atoms with van der Waals surface area (Å²) in [5, 5.41) is 0.686. The van der Waals surface area contributed by atoms with E-state index in [-0.39, 0.29) is 30.5 Å². The molecule has 1 aromatic carbocycles. The molecule has 0 aliphatic carbocycles. The highest BCUT2D eigenvalue weighted by Gasteiger charge is 2.18. The lowest BCUT2D eigenvalue weighted by atomic mass is 10.0. The summed E-state index contributed by atoms with van der Waals surface area (Å²) in [6.45, 7) is 6.14. The van der Waals surface area contributed by atoms with Gasteiger partial charge in [0.05, 0.1) is 13.2 Å². The highest BCUT2D eigenvalue weighted by Crippen LogP contribution is 2.20. The average Bonchev–Trinajstić information content (AvgIpc) is 2.65. The Morgan fingerprint density at radius 3 is 2.56 bits per heavy atom. The number of carbonyl (C=O) groups is 1. The van der Waals surface area contributed by atoms with E-state index in [9.17, 15) is 14.0 Å². The molecule has 0 fully saturated rings. The largest absolute Gasteiger partial charge is 0.462 e. The number of esters is 1. The van der Waals surface area contributed by atoms with Crippen LogP contribution < -0.4 is 5.56 Å². The van der Waals surface area contributed by atoms with Gasteiger partial charge in [-0.05, 0) is 48.2 Å². The molecule has 0 saturated heterocycles. The minimum absolute atomic E-state index is 0.0332. The van der Waals surface area contributed by atoms with Crippen LogP contribution in [0.2, 0.25) is 0 Å². The Balaban J connectivity index is 2.21. The number of hydrogen-bond donors (Lipinski definition) is 0. The first-order valence-corrected chi connectivity index (χ1v) is 8.85. The fourth-order valence-electron chi connectivity index (χ4n) is 2.87. The van der Waals surface area contributed by atoms with Crippen molar-refractivity contribution in [2.45, 2.75) is 33.2 Å². The minimum atomic E-state index is -0.660. The van der Waals surface area contributed by atoms with Crippen LogP contribution in [0.25, 0.3) is 11.0 Å². The van der Waals surface area contributed by atoms with Crippen molar-refractivity contribution in [2.24, 2.45) is 0 Å². The molecule has 2 aromatic heterocycles. The maximum Gasteiger partial charge on any atom is 0.343 e. The van der Waals surface area contributed by atoms with Crippen LogP contribution in [-0.2, 0) is 11.3 Å². The molecular formula is C21H21FN2O3. The Morgan fingerprint density at radius 1 is 1.22 bits per heavy atom. The van der Waals surface area contributed by atoms with Gasteiger partial charge in [0.1, 0.15) is 17.0 Å². The van der Waals surface area contributed by atoms with Crippen molar-refractivity contribution in [2.75, 3.05) is 6.61 Å².